The van der Waals surface area contributed by atoms with Crippen LogP contribution in [0.25, 0.3) is 10.6 Å². The molecule has 0 bridgehead atoms. The Hall–Kier alpha value is -2.77. The molecule has 0 unspecified atom stereocenters. The Labute approximate surface area is 178 Å². The van der Waals surface area contributed by atoms with Gasteiger partial charge in [-0.1, -0.05) is 23.7 Å². The first kappa shape index (κ1) is 21.0. The lowest BCUT2D eigenvalue weighted by molar-refractivity contribution is -0.115. The molecule has 152 valence electrons. The fourth-order valence-electron chi connectivity index (χ4n) is 2.75. The number of anilines is 1. The highest BCUT2D eigenvalue weighted by Gasteiger charge is 2.15. The second-order valence-electron chi connectivity index (χ2n) is 5.99. The zero-order chi connectivity index (χ0) is 20.8. The summed E-state index contributed by atoms with van der Waals surface area (Å²) in [5.41, 5.74) is 2.07. The van der Waals surface area contributed by atoms with Gasteiger partial charge < -0.3 is 19.5 Å². The quantitative estimate of drug-likeness (QED) is 0.538. The van der Waals surface area contributed by atoms with Crippen LogP contribution in [0.3, 0.4) is 0 Å². The molecular weight excluding hydrogens is 412 g/mol. The number of aromatic nitrogens is 1. The maximum absolute atomic E-state index is 12.5. The summed E-state index contributed by atoms with van der Waals surface area (Å²) in [6.07, 6.45) is 0.126. The van der Waals surface area contributed by atoms with Gasteiger partial charge in [0.05, 0.1) is 49.2 Å². The molecule has 0 aliphatic carbocycles. The Bertz CT molecular complexity index is 1010. The van der Waals surface area contributed by atoms with Crippen molar-refractivity contribution < 1.29 is 19.0 Å². The van der Waals surface area contributed by atoms with Gasteiger partial charge in [-0.05, 0) is 19.1 Å². The van der Waals surface area contributed by atoms with Crippen LogP contribution in [-0.4, -0.2) is 31.7 Å². The predicted octanol–water partition coefficient (Wildman–Crippen LogP) is 5.06. The molecule has 0 fully saturated rings. The third-order valence-electron chi connectivity index (χ3n) is 4.06. The number of methoxy groups -OCH3 is 2. The first-order valence-corrected chi connectivity index (χ1v) is 10.2. The summed E-state index contributed by atoms with van der Waals surface area (Å²) in [4.78, 5) is 17.1. The first-order chi connectivity index (χ1) is 14.0. The van der Waals surface area contributed by atoms with Crippen molar-refractivity contribution in [3.8, 4) is 27.8 Å². The molecular formula is C21H21ClN2O4S. The molecule has 1 heterocycles. The maximum atomic E-state index is 12.5. The second kappa shape index (κ2) is 9.62. The van der Waals surface area contributed by atoms with Crippen LogP contribution in [0.1, 0.15) is 12.6 Å². The molecule has 1 aromatic heterocycles. The summed E-state index contributed by atoms with van der Waals surface area (Å²) in [5, 5.41) is 5.91. The lowest BCUT2D eigenvalue weighted by atomic mass is 10.2. The number of benzene rings is 2. The number of amides is 1. The van der Waals surface area contributed by atoms with E-state index in [4.69, 9.17) is 25.8 Å². The van der Waals surface area contributed by atoms with E-state index in [1.54, 1.807) is 12.1 Å². The standard InChI is InChI=1S/C21H21ClN2O4S/c1-4-28-17-8-6-5-7-14(17)21-23-13(12-29-21)9-20(25)24-16-11-18(26-2)15(22)10-19(16)27-3/h5-8,10-12H,4,9H2,1-3H3,(H,24,25). The van der Waals surface area contributed by atoms with Crippen molar-refractivity contribution in [2.24, 2.45) is 0 Å². The van der Waals surface area contributed by atoms with Crippen LogP contribution in [0.2, 0.25) is 5.02 Å². The van der Waals surface area contributed by atoms with E-state index in [9.17, 15) is 4.79 Å². The highest BCUT2D eigenvalue weighted by molar-refractivity contribution is 7.13. The van der Waals surface area contributed by atoms with E-state index in [1.807, 2.05) is 36.6 Å². The summed E-state index contributed by atoms with van der Waals surface area (Å²) >= 11 is 7.58. The molecule has 0 saturated carbocycles. The molecule has 2 aromatic carbocycles. The number of carbonyl (C=O) groups is 1. The summed E-state index contributed by atoms with van der Waals surface area (Å²) in [6.45, 7) is 2.51. The lowest BCUT2D eigenvalue weighted by Gasteiger charge is -2.12. The van der Waals surface area contributed by atoms with Crippen LogP contribution in [0.15, 0.2) is 41.8 Å². The minimum Gasteiger partial charge on any atom is -0.495 e. The topological polar surface area (TPSA) is 69.7 Å². The largest absolute Gasteiger partial charge is 0.495 e. The molecule has 8 heteroatoms. The third-order valence-corrected chi connectivity index (χ3v) is 5.28. The van der Waals surface area contributed by atoms with E-state index in [1.165, 1.54) is 25.6 Å². The van der Waals surface area contributed by atoms with Crippen LogP contribution in [0.4, 0.5) is 5.69 Å². The van der Waals surface area contributed by atoms with Crippen molar-refractivity contribution in [3.63, 3.8) is 0 Å². The number of thiazole rings is 1. The average Bonchev–Trinajstić information content (AvgIpc) is 3.17. The van der Waals surface area contributed by atoms with Gasteiger partial charge in [-0.15, -0.1) is 11.3 Å². The number of nitrogens with zero attached hydrogens (tertiary/aromatic N) is 1. The van der Waals surface area contributed by atoms with Crippen molar-refractivity contribution in [3.05, 3.63) is 52.5 Å². The minimum absolute atomic E-state index is 0.126. The van der Waals surface area contributed by atoms with Crippen LogP contribution in [0.5, 0.6) is 17.2 Å². The van der Waals surface area contributed by atoms with Crippen molar-refractivity contribution in [2.45, 2.75) is 13.3 Å². The van der Waals surface area contributed by atoms with Gasteiger partial charge in [0.1, 0.15) is 22.3 Å². The van der Waals surface area contributed by atoms with Crippen LogP contribution in [0, 0.1) is 0 Å². The fourth-order valence-corrected chi connectivity index (χ4v) is 3.83. The van der Waals surface area contributed by atoms with Gasteiger partial charge in [0.25, 0.3) is 0 Å². The Morgan fingerprint density at radius 1 is 1.14 bits per heavy atom. The number of hydrogen-bond donors (Lipinski definition) is 1. The first-order valence-electron chi connectivity index (χ1n) is 8.93. The fraction of sp³-hybridized carbons (Fsp3) is 0.238. The van der Waals surface area contributed by atoms with Gasteiger partial charge in [0, 0.05) is 17.5 Å². The van der Waals surface area contributed by atoms with Gasteiger partial charge in [0.15, 0.2) is 0 Å². The monoisotopic (exact) mass is 432 g/mol. The number of nitrogens with one attached hydrogen (secondary N) is 1. The number of carbonyl (C=O) groups excluding carboxylic acids is 1. The molecule has 0 radical (unpaired) electrons. The molecule has 0 saturated heterocycles. The number of para-hydroxylation sites is 1. The Morgan fingerprint density at radius 2 is 1.90 bits per heavy atom. The Balaban J connectivity index is 1.75. The number of rotatable bonds is 8. The zero-order valence-electron chi connectivity index (χ0n) is 16.3. The van der Waals surface area contributed by atoms with E-state index in [-0.39, 0.29) is 12.3 Å². The number of hydrogen-bond acceptors (Lipinski definition) is 6. The highest BCUT2D eigenvalue weighted by atomic mass is 35.5. The lowest BCUT2D eigenvalue weighted by Crippen LogP contribution is -2.15. The molecule has 3 rings (SSSR count). The van der Waals surface area contributed by atoms with Gasteiger partial charge in [-0.3, -0.25) is 4.79 Å². The summed E-state index contributed by atoms with van der Waals surface area (Å²) < 4.78 is 16.2. The summed E-state index contributed by atoms with van der Waals surface area (Å²) in [6, 6.07) is 11.0. The second-order valence-corrected chi connectivity index (χ2v) is 7.25. The van der Waals surface area contributed by atoms with Crippen LogP contribution >= 0.6 is 22.9 Å². The third kappa shape index (κ3) is 4.99. The molecule has 3 aromatic rings. The normalized spacial score (nSPS) is 10.5. The molecule has 1 N–H and O–H groups in total. The summed E-state index contributed by atoms with van der Waals surface area (Å²) in [5.74, 6) is 1.46. The highest BCUT2D eigenvalue weighted by Crippen LogP contribution is 2.36. The Kier molecular flexibility index (Phi) is 6.95. The maximum Gasteiger partial charge on any atom is 0.230 e. The van der Waals surface area contributed by atoms with Gasteiger partial charge in [0.2, 0.25) is 5.91 Å². The number of halogens is 1. The Morgan fingerprint density at radius 3 is 2.62 bits per heavy atom. The molecule has 0 aliphatic rings. The zero-order valence-corrected chi connectivity index (χ0v) is 17.9. The van der Waals surface area contributed by atoms with Crippen molar-refractivity contribution in [2.75, 3.05) is 26.1 Å². The van der Waals surface area contributed by atoms with Crippen molar-refractivity contribution in [1.82, 2.24) is 4.98 Å². The molecule has 0 atom stereocenters. The summed E-state index contributed by atoms with van der Waals surface area (Å²) in [7, 11) is 3.02. The SMILES string of the molecule is CCOc1ccccc1-c1nc(CC(=O)Nc2cc(OC)c(Cl)cc2OC)cs1. The molecule has 1 amide bonds. The van der Waals surface area contributed by atoms with Crippen molar-refractivity contribution >= 4 is 34.5 Å². The van der Waals surface area contributed by atoms with Gasteiger partial charge in [-0.2, -0.15) is 0 Å². The molecule has 0 aliphatic heterocycles. The smallest absolute Gasteiger partial charge is 0.230 e. The van der Waals surface area contributed by atoms with Crippen LogP contribution < -0.4 is 19.5 Å². The van der Waals surface area contributed by atoms with Crippen LogP contribution in [-0.2, 0) is 11.2 Å². The van der Waals surface area contributed by atoms with E-state index in [2.05, 4.69) is 10.3 Å². The van der Waals surface area contributed by atoms with E-state index in [0.717, 1.165) is 16.3 Å². The average molecular weight is 433 g/mol. The van der Waals surface area contributed by atoms with E-state index >= 15 is 0 Å². The van der Waals surface area contributed by atoms with Gasteiger partial charge >= 0.3 is 0 Å². The van der Waals surface area contributed by atoms with Gasteiger partial charge in [-0.25, -0.2) is 4.98 Å². The van der Waals surface area contributed by atoms with E-state index in [0.29, 0.717) is 34.5 Å². The van der Waals surface area contributed by atoms with E-state index < -0.39 is 0 Å². The van der Waals surface area contributed by atoms with Crippen molar-refractivity contribution in [1.29, 1.82) is 0 Å². The molecule has 29 heavy (non-hydrogen) atoms. The minimum atomic E-state index is -0.220. The molecule has 0 spiro atoms. The predicted molar refractivity (Wildman–Crippen MR) is 116 cm³/mol. The number of ether oxygens (including phenoxy) is 3. The molecule has 6 nitrogen and oxygen atoms in total.